The van der Waals surface area contributed by atoms with Gasteiger partial charge in [-0.15, -0.1) is 0 Å². The number of halogens is 3. The van der Waals surface area contributed by atoms with Crippen LogP contribution in [0.15, 0.2) is 36.4 Å². The van der Waals surface area contributed by atoms with Crippen LogP contribution >= 0.6 is 23.2 Å². The van der Waals surface area contributed by atoms with Crippen molar-refractivity contribution < 1.29 is 24.2 Å². The second kappa shape index (κ2) is 11.1. The predicted molar refractivity (Wildman–Crippen MR) is 146 cm³/mol. The zero-order chi connectivity index (χ0) is 27.8. The lowest BCUT2D eigenvalue weighted by molar-refractivity contribution is -0.123. The fraction of sp³-hybridized carbons (Fsp3) is 0.500. The smallest absolute Gasteiger partial charge is 0.237 e. The van der Waals surface area contributed by atoms with E-state index in [1.165, 1.54) is 6.07 Å². The summed E-state index contributed by atoms with van der Waals surface area (Å²) in [7, 11) is 0. The Morgan fingerprint density at radius 2 is 1.97 bits per heavy atom. The maximum Gasteiger partial charge on any atom is 0.237 e. The summed E-state index contributed by atoms with van der Waals surface area (Å²) < 4.78 is 15.7. The molecule has 2 aliphatic heterocycles. The van der Waals surface area contributed by atoms with Gasteiger partial charge in [-0.2, -0.15) is 0 Å². The SMILES string of the molecule is CC(C)(C)C[C@H]1NC(CC(=O)NCC[C@H](O)CO)[C@H](c2cccc(Cl)c2F)[C@@]12C(=O)Nc1cc(Cl)ccc12. The van der Waals surface area contributed by atoms with E-state index in [2.05, 4.69) is 36.7 Å². The molecule has 5 N–H and O–H groups in total. The van der Waals surface area contributed by atoms with Gasteiger partial charge in [0.05, 0.1) is 17.7 Å². The van der Waals surface area contributed by atoms with Crippen LogP contribution in [0.2, 0.25) is 10.0 Å². The Labute approximate surface area is 232 Å². The molecule has 206 valence electrons. The molecule has 0 bridgehead atoms. The molecule has 0 saturated carbocycles. The molecule has 1 fully saturated rings. The highest BCUT2D eigenvalue weighted by molar-refractivity contribution is 6.31. The molecule has 2 aliphatic rings. The van der Waals surface area contributed by atoms with Gasteiger partial charge in [-0.1, -0.05) is 62.2 Å². The molecule has 1 spiro atoms. The highest BCUT2D eigenvalue weighted by Crippen LogP contribution is 2.57. The average molecular weight is 567 g/mol. The maximum atomic E-state index is 15.7. The number of carbonyl (C=O) groups excluding carboxylic acids is 2. The van der Waals surface area contributed by atoms with Gasteiger partial charge in [0, 0.05) is 41.7 Å². The third-order valence-corrected chi connectivity index (χ3v) is 7.98. The molecule has 2 amide bonds. The molecule has 2 aromatic carbocycles. The Kier molecular flexibility index (Phi) is 8.40. The van der Waals surface area contributed by atoms with E-state index in [-0.39, 0.29) is 47.2 Å². The van der Waals surface area contributed by atoms with E-state index in [1.807, 2.05) is 0 Å². The molecule has 0 aromatic heterocycles. The van der Waals surface area contributed by atoms with E-state index in [4.69, 9.17) is 28.3 Å². The molecular weight excluding hydrogens is 532 g/mol. The van der Waals surface area contributed by atoms with Gasteiger partial charge in [0.25, 0.3) is 0 Å². The van der Waals surface area contributed by atoms with Crippen LogP contribution in [0.3, 0.4) is 0 Å². The molecule has 0 radical (unpaired) electrons. The van der Waals surface area contributed by atoms with E-state index < -0.39 is 41.9 Å². The van der Waals surface area contributed by atoms with Crippen molar-refractivity contribution in [1.29, 1.82) is 0 Å². The standard InChI is InChI=1S/C28H34Cl2FN3O4/c1-27(2,3)13-22-28(18-8-7-15(29)11-20(18)34-26(28)38)24(17-5-4-6-19(30)25(17)31)21(33-22)12-23(37)32-10-9-16(36)14-35/h4-8,11,16,21-22,24,33,35-36H,9-10,12-14H2,1-3H3,(H,32,37)(H,34,38)/t16-,21?,22+,24-,28-/m0/s1. The monoisotopic (exact) mass is 565 g/mol. The lowest BCUT2D eigenvalue weighted by Crippen LogP contribution is -2.49. The van der Waals surface area contributed by atoms with Crippen LogP contribution < -0.4 is 16.0 Å². The summed E-state index contributed by atoms with van der Waals surface area (Å²) in [6.07, 6.45) is -0.204. The van der Waals surface area contributed by atoms with E-state index >= 15 is 4.39 Å². The number of fused-ring (bicyclic) bond motifs is 2. The quantitative estimate of drug-likeness (QED) is 0.330. The zero-order valence-corrected chi connectivity index (χ0v) is 23.2. The van der Waals surface area contributed by atoms with Crippen molar-refractivity contribution in [3.63, 3.8) is 0 Å². The van der Waals surface area contributed by atoms with E-state index in [0.29, 0.717) is 22.7 Å². The first-order chi connectivity index (χ1) is 17.9. The number of aliphatic hydroxyl groups is 2. The van der Waals surface area contributed by atoms with Crippen molar-refractivity contribution in [2.75, 3.05) is 18.5 Å². The number of rotatable bonds is 8. The van der Waals surface area contributed by atoms with Crippen molar-refractivity contribution in [3.8, 4) is 0 Å². The Morgan fingerprint density at radius 1 is 1.24 bits per heavy atom. The summed E-state index contributed by atoms with van der Waals surface area (Å²) in [5, 5.41) is 28.3. The van der Waals surface area contributed by atoms with Gasteiger partial charge in [-0.25, -0.2) is 4.39 Å². The first-order valence-electron chi connectivity index (χ1n) is 12.8. The maximum absolute atomic E-state index is 15.7. The van der Waals surface area contributed by atoms with Crippen LogP contribution in [0, 0.1) is 11.2 Å². The number of anilines is 1. The molecule has 10 heteroatoms. The fourth-order valence-electron chi connectivity index (χ4n) is 5.98. The van der Waals surface area contributed by atoms with E-state index in [1.54, 1.807) is 30.3 Å². The second-order valence-electron chi connectivity index (χ2n) is 11.4. The van der Waals surface area contributed by atoms with Gasteiger partial charge < -0.3 is 26.2 Å². The average Bonchev–Trinajstić information content (AvgIpc) is 3.28. The van der Waals surface area contributed by atoms with Gasteiger partial charge in [0.1, 0.15) is 11.2 Å². The summed E-state index contributed by atoms with van der Waals surface area (Å²) in [4.78, 5) is 27.1. The fourth-order valence-corrected chi connectivity index (χ4v) is 6.33. The van der Waals surface area contributed by atoms with Crippen LogP contribution in [-0.4, -0.2) is 53.4 Å². The Hall–Kier alpha value is -2.23. The van der Waals surface area contributed by atoms with Crippen LogP contribution in [-0.2, 0) is 15.0 Å². The number of aliphatic hydroxyl groups excluding tert-OH is 2. The largest absolute Gasteiger partial charge is 0.394 e. The minimum Gasteiger partial charge on any atom is -0.394 e. The van der Waals surface area contributed by atoms with Crippen molar-refractivity contribution in [2.45, 2.75) is 69.6 Å². The molecule has 4 rings (SSSR count). The third kappa shape index (κ3) is 5.42. The summed E-state index contributed by atoms with van der Waals surface area (Å²) in [6.45, 7) is 5.98. The highest BCUT2D eigenvalue weighted by atomic mass is 35.5. The van der Waals surface area contributed by atoms with Gasteiger partial charge >= 0.3 is 0 Å². The summed E-state index contributed by atoms with van der Waals surface area (Å²) >= 11 is 12.5. The van der Waals surface area contributed by atoms with Crippen molar-refractivity contribution in [3.05, 3.63) is 63.4 Å². The zero-order valence-electron chi connectivity index (χ0n) is 21.7. The first kappa shape index (κ1) is 28.8. The third-order valence-electron chi connectivity index (χ3n) is 7.46. The summed E-state index contributed by atoms with van der Waals surface area (Å²) in [5.41, 5.74) is 0.102. The Morgan fingerprint density at radius 3 is 2.66 bits per heavy atom. The second-order valence-corrected chi connectivity index (χ2v) is 12.2. The number of benzene rings is 2. The van der Waals surface area contributed by atoms with Crippen LogP contribution in [0.1, 0.15) is 57.1 Å². The normalized spacial score (nSPS) is 25.4. The molecular formula is C28H34Cl2FN3O4. The minimum atomic E-state index is -1.23. The molecule has 1 unspecified atom stereocenters. The number of hydrogen-bond acceptors (Lipinski definition) is 5. The Balaban J connectivity index is 1.83. The lowest BCUT2D eigenvalue weighted by Gasteiger charge is -2.38. The predicted octanol–water partition coefficient (Wildman–Crippen LogP) is 4.13. The van der Waals surface area contributed by atoms with E-state index in [0.717, 1.165) is 0 Å². The van der Waals surface area contributed by atoms with Crippen molar-refractivity contribution in [2.24, 2.45) is 5.41 Å². The Bertz CT molecular complexity index is 1220. The molecule has 1 saturated heterocycles. The number of amides is 2. The van der Waals surface area contributed by atoms with Gasteiger partial charge in [-0.05, 0) is 47.6 Å². The van der Waals surface area contributed by atoms with Crippen LogP contribution in [0.4, 0.5) is 10.1 Å². The minimum absolute atomic E-state index is 0.0373. The molecule has 7 nitrogen and oxygen atoms in total. The van der Waals surface area contributed by atoms with Gasteiger partial charge in [0.2, 0.25) is 11.8 Å². The summed E-state index contributed by atoms with van der Waals surface area (Å²) in [6, 6.07) is 8.91. The molecule has 5 atom stereocenters. The first-order valence-corrected chi connectivity index (χ1v) is 13.5. The number of hydrogen-bond donors (Lipinski definition) is 5. The highest BCUT2D eigenvalue weighted by Gasteiger charge is 2.64. The number of carbonyl (C=O) groups is 2. The van der Waals surface area contributed by atoms with Gasteiger partial charge in [0.15, 0.2) is 0 Å². The molecule has 38 heavy (non-hydrogen) atoms. The summed E-state index contributed by atoms with van der Waals surface area (Å²) in [5.74, 6) is -1.98. The van der Waals surface area contributed by atoms with Crippen LogP contribution in [0.5, 0.6) is 0 Å². The molecule has 2 heterocycles. The molecule has 2 aromatic rings. The molecule has 0 aliphatic carbocycles. The number of nitrogens with one attached hydrogen (secondary N) is 3. The van der Waals surface area contributed by atoms with Crippen molar-refractivity contribution >= 4 is 40.7 Å². The topological polar surface area (TPSA) is 111 Å². The van der Waals surface area contributed by atoms with E-state index in [9.17, 15) is 14.7 Å². The van der Waals surface area contributed by atoms with Crippen LogP contribution in [0.25, 0.3) is 0 Å². The lowest BCUT2D eigenvalue weighted by atomic mass is 9.62. The van der Waals surface area contributed by atoms with Crippen molar-refractivity contribution in [1.82, 2.24) is 10.6 Å². The van der Waals surface area contributed by atoms with Gasteiger partial charge in [-0.3, -0.25) is 9.59 Å².